The minimum Gasteiger partial charge on any atom is -0.482 e. The van der Waals surface area contributed by atoms with Crippen molar-refractivity contribution in [3.05, 3.63) is 24.0 Å². The van der Waals surface area contributed by atoms with Crippen molar-refractivity contribution in [2.75, 3.05) is 6.61 Å². The number of aliphatic hydroxyl groups is 1. The number of ether oxygens (including phenoxy) is 1. The first kappa shape index (κ1) is 9.47. The van der Waals surface area contributed by atoms with Crippen LogP contribution in [0.25, 0.3) is 0 Å². The van der Waals surface area contributed by atoms with Gasteiger partial charge in [-0.3, -0.25) is 9.78 Å². The van der Waals surface area contributed by atoms with Gasteiger partial charge in [0.1, 0.15) is 5.75 Å². The van der Waals surface area contributed by atoms with Crippen molar-refractivity contribution in [3.63, 3.8) is 0 Å². The van der Waals surface area contributed by atoms with Crippen LogP contribution in [0.4, 0.5) is 0 Å². The molecule has 1 rings (SSSR count). The highest BCUT2D eigenvalue weighted by Gasteiger charge is 1.97. The zero-order chi connectivity index (χ0) is 9.68. The van der Waals surface area contributed by atoms with E-state index < -0.39 is 5.91 Å². The summed E-state index contributed by atoms with van der Waals surface area (Å²) in [5.74, 6) is -0.0813. The number of nitrogens with two attached hydrogens (primary N) is 1. The van der Waals surface area contributed by atoms with Gasteiger partial charge in [0.25, 0.3) is 5.91 Å². The van der Waals surface area contributed by atoms with Crippen LogP contribution < -0.4 is 10.5 Å². The first-order chi connectivity index (χ1) is 6.22. The van der Waals surface area contributed by atoms with Crippen molar-refractivity contribution >= 4 is 5.91 Å². The van der Waals surface area contributed by atoms with E-state index >= 15 is 0 Å². The predicted molar refractivity (Wildman–Crippen MR) is 44.8 cm³/mol. The Labute approximate surface area is 75.2 Å². The second kappa shape index (κ2) is 4.42. The largest absolute Gasteiger partial charge is 0.482 e. The first-order valence-electron chi connectivity index (χ1n) is 3.69. The number of rotatable bonds is 4. The number of aromatic nitrogens is 1. The number of aliphatic hydroxyl groups excluding tert-OH is 1. The molecule has 0 fully saturated rings. The summed E-state index contributed by atoms with van der Waals surface area (Å²) in [7, 11) is 0. The van der Waals surface area contributed by atoms with Gasteiger partial charge < -0.3 is 15.6 Å². The lowest BCUT2D eigenvalue weighted by molar-refractivity contribution is -0.119. The maximum absolute atomic E-state index is 10.3. The van der Waals surface area contributed by atoms with Crippen LogP contribution in [0.15, 0.2) is 18.3 Å². The molecule has 1 aromatic heterocycles. The average Bonchev–Trinajstić information content (AvgIpc) is 2.15. The van der Waals surface area contributed by atoms with E-state index in [0.717, 1.165) is 0 Å². The van der Waals surface area contributed by atoms with Gasteiger partial charge in [-0.25, -0.2) is 0 Å². The number of primary amides is 1. The smallest absolute Gasteiger partial charge is 0.255 e. The SMILES string of the molecule is NC(=O)COc1ccc(CO)nc1. The van der Waals surface area contributed by atoms with Crippen LogP contribution in [0.3, 0.4) is 0 Å². The molecular formula is C8H10N2O3. The van der Waals surface area contributed by atoms with Crippen molar-refractivity contribution in [3.8, 4) is 5.75 Å². The second-order valence-corrected chi connectivity index (χ2v) is 2.40. The molecule has 5 nitrogen and oxygen atoms in total. The number of amides is 1. The third-order valence-electron chi connectivity index (χ3n) is 1.34. The van der Waals surface area contributed by atoms with Crippen molar-refractivity contribution in [2.45, 2.75) is 6.61 Å². The van der Waals surface area contributed by atoms with E-state index in [2.05, 4.69) is 4.98 Å². The Morgan fingerprint density at radius 1 is 1.62 bits per heavy atom. The fourth-order valence-corrected chi connectivity index (χ4v) is 0.744. The maximum Gasteiger partial charge on any atom is 0.255 e. The fraction of sp³-hybridized carbons (Fsp3) is 0.250. The van der Waals surface area contributed by atoms with E-state index in [1.807, 2.05) is 0 Å². The van der Waals surface area contributed by atoms with Crippen LogP contribution in [-0.2, 0) is 11.4 Å². The third-order valence-corrected chi connectivity index (χ3v) is 1.34. The van der Waals surface area contributed by atoms with Gasteiger partial charge in [0, 0.05) is 0 Å². The van der Waals surface area contributed by atoms with E-state index in [-0.39, 0.29) is 13.2 Å². The molecule has 1 aromatic rings. The van der Waals surface area contributed by atoms with Gasteiger partial charge in [0.15, 0.2) is 6.61 Å². The molecule has 5 heteroatoms. The Morgan fingerprint density at radius 2 is 2.38 bits per heavy atom. The molecule has 0 saturated carbocycles. The molecule has 13 heavy (non-hydrogen) atoms. The van der Waals surface area contributed by atoms with E-state index in [1.54, 1.807) is 12.1 Å². The quantitative estimate of drug-likeness (QED) is 0.653. The standard InChI is InChI=1S/C8H10N2O3/c9-8(12)5-13-7-2-1-6(4-11)10-3-7/h1-3,11H,4-5H2,(H2,9,12). The van der Waals surface area contributed by atoms with Gasteiger partial charge in [0.05, 0.1) is 18.5 Å². The summed E-state index contributed by atoms with van der Waals surface area (Å²) in [6, 6.07) is 3.22. The van der Waals surface area contributed by atoms with Crippen LogP contribution in [-0.4, -0.2) is 22.6 Å². The van der Waals surface area contributed by atoms with Crippen LogP contribution in [0.5, 0.6) is 5.75 Å². The van der Waals surface area contributed by atoms with Crippen LogP contribution >= 0.6 is 0 Å². The lowest BCUT2D eigenvalue weighted by Crippen LogP contribution is -2.20. The summed E-state index contributed by atoms with van der Waals surface area (Å²) >= 11 is 0. The minimum absolute atomic E-state index is 0.115. The zero-order valence-electron chi connectivity index (χ0n) is 6.93. The Bertz CT molecular complexity index is 284. The zero-order valence-corrected chi connectivity index (χ0v) is 6.93. The highest BCUT2D eigenvalue weighted by Crippen LogP contribution is 2.08. The molecular weight excluding hydrogens is 172 g/mol. The molecule has 0 aliphatic carbocycles. The molecule has 1 heterocycles. The Kier molecular flexibility index (Phi) is 3.22. The molecule has 0 atom stereocenters. The molecule has 0 saturated heterocycles. The Balaban J connectivity index is 2.54. The molecule has 0 unspecified atom stereocenters. The number of carbonyl (C=O) groups excluding carboxylic acids is 1. The molecule has 70 valence electrons. The molecule has 0 spiro atoms. The van der Waals surface area contributed by atoms with Gasteiger partial charge >= 0.3 is 0 Å². The summed E-state index contributed by atoms with van der Waals surface area (Å²) in [6.45, 7) is -0.281. The monoisotopic (exact) mass is 182 g/mol. The fourth-order valence-electron chi connectivity index (χ4n) is 0.744. The van der Waals surface area contributed by atoms with Gasteiger partial charge in [-0.05, 0) is 12.1 Å². The van der Waals surface area contributed by atoms with Crippen LogP contribution in [0.2, 0.25) is 0 Å². The number of carbonyl (C=O) groups is 1. The summed E-state index contributed by atoms with van der Waals surface area (Å²) in [6.07, 6.45) is 1.43. The number of hydrogen-bond acceptors (Lipinski definition) is 4. The van der Waals surface area contributed by atoms with Gasteiger partial charge in [-0.15, -0.1) is 0 Å². The molecule has 1 amide bonds. The van der Waals surface area contributed by atoms with Crippen molar-refractivity contribution < 1.29 is 14.6 Å². The number of pyridine rings is 1. The lowest BCUT2D eigenvalue weighted by Gasteiger charge is -2.02. The normalized spacial score (nSPS) is 9.62. The molecule has 0 aliphatic rings. The van der Waals surface area contributed by atoms with Gasteiger partial charge in [-0.1, -0.05) is 0 Å². The van der Waals surface area contributed by atoms with E-state index in [1.165, 1.54) is 6.20 Å². The first-order valence-corrected chi connectivity index (χ1v) is 3.69. The third kappa shape index (κ3) is 3.08. The predicted octanol–water partition coefficient (Wildman–Crippen LogP) is -0.562. The maximum atomic E-state index is 10.3. The molecule has 0 bridgehead atoms. The molecule has 0 radical (unpaired) electrons. The van der Waals surface area contributed by atoms with Crippen LogP contribution in [0, 0.1) is 0 Å². The summed E-state index contributed by atoms with van der Waals surface area (Å²) < 4.78 is 4.95. The molecule has 0 aromatic carbocycles. The highest BCUT2D eigenvalue weighted by molar-refractivity contribution is 5.75. The van der Waals surface area contributed by atoms with Crippen molar-refractivity contribution in [1.82, 2.24) is 4.98 Å². The van der Waals surface area contributed by atoms with Crippen molar-refractivity contribution in [1.29, 1.82) is 0 Å². The number of nitrogens with zero attached hydrogens (tertiary/aromatic N) is 1. The Hall–Kier alpha value is -1.62. The average molecular weight is 182 g/mol. The van der Waals surface area contributed by atoms with Crippen molar-refractivity contribution in [2.24, 2.45) is 5.73 Å². The second-order valence-electron chi connectivity index (χ2n) is 2.40. The van der Waals surface area contributed by atoms with E-state index in [4.69, 9.17) is 15.6 Å². The Morgan fingerprint density at radius 3 is 2.85 bits per heavy atom. The summed E-state index contributed by atoms with van der Waals surface area (Å²) in [5, 5.41) is 8.67. The van der Waals surface area contributed by atoms with Gasteiger partial charge in [0.2, 0.25) is 0 Å². The number of hydrogen-bond donors (Lipinski definition) is 2. The minimum atomic E-state index is -0.536. The molecule has 0 aliphatic heterocycles. The van der Waals surface area contributed by atoms with E-state index in [0.29, 0.717) is 11.4 Å². The topological polar surface area (TPSA) is 85.4 Å². The van der Waals surface area contributed by atoms with E-state index in [9.17, 15) is 4.79 Å². The summed E-state index contributed by atoms with van der Waals surface area (Å²) in [5.41, 5.74) is 5.42. The highest BCUT2D eigenvalue weighted by atomic mass is 16.5. The van der Waals surface area contributed by atoms with Crippen LogP contribution in [0.1, 0.15) is 5.69 Å². The summed E-state index contributed by atoms with van der Waals surface area (Å²) in [4.78, 5) is 14.2. The molecule has 3 N–H and O–H groups in total. The lowest BCUT2D eigenvalue weighted by atomic mass is 10.3. The van der Waals surface area contributed by atoms with Gasteiger partial charge in [-0.2, -0.15) is 0 Å².